The predicted octanol–water partition coefficient (Wildman–Crippen LogP) is 3.65. The third-order valence-electron chi connectivity index (χ3n) is 4.17. The highest BCUT2D eigenvalue weighted by atomic mass is 32.2. The summed E-state index contributed by atoms with van der Waals surface area (Å²) in [5.41, 5.74) is 5.22. The second-order valence-corrected chi connectivity index (χ2v) is 7.98. The lowest BCUT2D eigenvalue weighted by Gasteiger charge is -2.17. The van der Waals surface area contributed by atoms with Crippen LogP contribution in [0.25, 0.3) is 0 Å². The van der Waals surface area contributed by atoms with Gasteiger partial charge in [0.2, 0.25) is 10.0 Å². The lowest BCUT2D eigenvalue weighted by Crippen LogP contribution is -2.14. The van der Waals surface area contributed by atoms with Gasteiger partial charge in [-0.1, -0.05) is 18.2 Å². The largest absolute Gasteiger partial charge is 0.379 e. The molecule has 0 spiro atoms. The van der Waals surface area contributed by atoms with Crippen LogP contribution in [0, 0.1) is 0 Å². The molecule has 0 fully saturated rings. The van der Waals surface area contributed by atoms with Crippen molar-refractivity contribution in [1.82, 2.24) is 0 Å². The summed E-state index contributed by atoms with van der Waals surface area (Å²) in [5, 5.41) is 3.47. The molecule has 128 valence electrons. The van der Waals surface area contributed by atoms with E-state index < -0.39 is 10.0 Å². The van der Waals surface area contributed by atoms with E-state index in [1.54, 1.807) is 19.1 Å². The zero-order valence-electron chi connectivity index (χ0n) is 13.9. The van der Waals surface area contributed by atoms with E-state index in [1.807, 2.05) is 12.1 Å². The van der Waals surface area contributed by atoms with Crippen LogP contribution in [0.2, 0.25) is 0 Å². The number of rotatable bonds is 6. The fourth-order valence-electron chi connectivity index (χ4n) is 2.69. The van der Waals surface area contributed by atoms with Crippen molar-refractivity contribution in [3.8, 4) is 0 Å². The molecule has 2 N–H and O–H groups in total. The highest BCUT2D eigenvalue weighted by molar-refractivity contribution is 7.92. The Morgan fingerprint density at radius 3 is 2.42 bits per heavy atom. The Labute approximate surface area is 143 Å². The molecule has 6 heteroatoms. The molecule has 0 bridgehead atoms. The first kappa shape index (κ1) is 16.8. The number of ether oxygens (including phenoxy) is 1. The number of hydrogen-bond donors (Lipinski definition) is 2. The van der Waals surface area contributed by atoms with Gasteiger partial charge in [-0.25, -0.2) is 8.42 Å². The van der Waals surface area contributed by atoms with Crippen molar-refractivity contribution in [1.29, 1.82) is 0 Å². The van der Waals surface area contributed by atoms with Crippen LogP contribution in [0.5, 0.6) is 0 Å². The molecule has 1 aliphatic rings. The summed E-state index contributed by atoms with van der Waals surface area (Å²) in [6, 6.07) is 13.8. The Kier molecular flexibility index (Phi) is 4.78. The summed E-state index contributed by atoms with van der Waals surface area (Å²) in [5.74, 6) is 0.0642. The van der Waals surface area contributed by atoms with Gasteiger partial charge < -0.3 is 10.1 Å². The summed E-state index contributed by atoms with van der Waals surface area (Å²) in [6.07, 6.45) is 0. The first-order chi connectivity index (χ1) is 11.5. The third kappa shape index (κ3) is 3.88. The fraction of sp³-hybridized carbons (Fsp3) is 0.333. The van der Waals surface area contributed by atoms with Crippen LogP contribution in [0.3, 0.4) is 0 Å². The standard InChI is InChI=1S/C18H22N2O3S/c1-3-24(21,22)20-17-7-4-14(5-8-17)13(2)19-18-9-6-15-11-23-12-16(15)10-18/h4-10,13,19-20H,3,11-12H2,1-2H3. The molecule has 3 rings (SSSR count). The van der Waals surface area contributed by atoms with E-state index >= 15 is 0 Å². The van der Waals surface area contributed by atoms with Crippen LogP contribution in [0.15, 0.2) is 42.5 Å². The Morgan fingerprint density at radius 1 is 1.04 bits per heavy atom. The van der Waals surface area contributed by atoms with Gasteiger partial charge in [0, 0.05) is 17.4 Å². The van der Waals surface area contributed by atoms with E-state index in [1.165, 1.54) is 11.1 Å². The van der Waals surface area contributed by atoms with Crippen LogP contribution in [0.4, 0.5) is 11.4 Å². The van der Waals surface area contributed by atoms with Gasteiger partial charge in [-0.2, -0.15) is 0 Å². The molecule has 0 amide bonds. The molecule has 0 aromatic heterocycles. The molecular weight excluding hydrogens is 324 g/mol. The topological polar surface area (TPSA) is 67.4 Å². The lowest BCUT2D eigenvalue weighted by molar-refractivity contribution is 0.134. The summed E-state index contributed by atoms with van der Waals surface area (Å²) in [6.45, 7) is 5.06. The number of fused-ring (bicyclic) bond motifs is 1. The number of nitrogens with one attached hydrogen (secondary N) is 2. The molecule has 0 aliphatic carbocycles. The molecule has 5 nitrogen and oxygen atoms in total. The summed E-state index contributed by atoms with van der Waals surface area (Å²) < 4.78 is 31.2. The van der Waals surface area contributed by atoms with Crippen LogP contribution >= 0.6 is 0 Å². The second-order valence-electron chi connectivity index (χ2n) is 5.97. The van der Waals surface area contributed by atoms with E-state index in [2.05, 4.69) is 35.2 Å². The molecule has 1 atom stereocenters. The Hall–Kier alpha value is -2.05. The number of anilines is 2. The quantitative estimate of drug-likeness (QED) is 0.838. The molecule has 0 radical (unpaired) electrons. The zero-order valence-corrected chi connectivity index (χ0v) is 14.7. The van der Waals surface area contributed by atoms with Gasteiger partial charge in [0.15, 0.2) is 0 Å². The minimum absolute atomic E-state index is 0.0642. The van der Waals surface area contributed by atoms with Crippen molar-refractivity contribution in [2.24, 2.45) is 0 Å². The maximum absolute atomic E-state index is 11.6. The molecule has 0 saturated heterocycles. The first-order valence-electron chi connectivity index (χ1n) is 8.03. The van der Waals surface area contributed by atoms with Gasteiger partial charge in [0.05, 0.1) is 19.0 Å². The van der Waals surface area contributed by atoms with Gasteiger partial charge in [-0.15, -0.1) is 0 Å². The van der Waals surface area contributed by atoms with Crippen molar-refractivity contribution in [3.63, 3.8) is 0 Å². The van der Waals surface area contributed by atoms with Crippen LogP contribution < -0.4 is 10.0 Å². The summed E-state index contributed by atoms with van der Waals surface area (Å²) in [7, 11) is -3.24. The maximum Gasteiger partial charge on any atom is 0.232 e. The predicted molar refractivity (Wildman–Crippen MR) is 96.5 cm³/mol. The van der Waals surface area contributed by atoms with Crippen LogP contribution in [0.1, 0.15) is 36.6 Å². The van der Waals surface area contributed by atoms with Gasteiger partial charge in [-0.05, 0) is 54.8 Å². The number of hydrogen-bond acceptors (Lipinski definition) is 4. The van der Waals surface area contributed by atoms with Crippen molar-refractivity contribution < 1.29 is 13.2 Å². The average molecular weight is 346 g/mol. The minimum atomic E-state index is -3.24. The van der Waals surface area contributed by atoms with Crippen LogP contribution in [-0.2, 0) is 28.0 Å². The average Bonchev–Trinajstić information content (AvgIpc) is 3.03. The molecule has 2 aromatic rings. The second kappa shape index (κ2) is 6.83. The highest BCUT2D eigenvalue weighted by Crippen LogP contribution is 2.26. The Balaban J connectivity index is 1.68. The lowest BCUT2D eigenvalue weighted by atomic mass is 10.1. The third-order valence-corrected chi connectivity index (χ3v) is 5.48. The summed E-state index contributed by atoms with van der Waals surface area (Å²) >= 11 is 0. The highest BCUT2D eigenvalue weighted by Gasteiger charge is 2.13. The maximum atomic E-state index is 11.6. The molecule has 2 aromatic carbocycles. The van der Waals surface area contributed by atoms with E-state index in [0.29, 0.717) is 18.9 Å². The number of benzene rings is 2. The zero-order chi connectivity index (χ0) is 17.2. The fourth-order valence-corrected chi connectivity index (χ4v) is 3.33. The van der Waals surface area contributed by atoms with Crippen LogP contribution in [-0.4, -0.2) is 14.2 Å². The molecule has 1 unspecified atom stereocenters. The summed E-state index contributed by atoms with van der Waals surface area (Å²) in [4.78, 5) is 0. The van der Waals surface area contributed by atoms with Gasteiger partial charge in [0.1, 0.15) is 0 Å². The van der Waals surface area contributed by atoms with Gasteiger partial charge >= 0.3 is 0 Å². The van der Waals surface area contributed by atoms with E-state index in [4.69, 9.17) is 4.74 Å². The molecule has 1 heterocycles. The van der Waals surface area contributed by atoms with Gasteiger partial charge in [-0.3, -0.25) is 4.72 Å². The van der Waals surface area contributed by atoms with Crippen molar-refractivity contribution in [2.45, 2.75) is 33.1 Å². The minimum Gasteiger partial charge on any atom is -0.379 e. The smallest absolute Gasteiger partial charge is 0.232 e. The van der Waals surface area contributed by atoms with E-state index in [0.717, 1.165) is 11.3 Å². The van der Waals surface area contributed by atoms with E-state index in [9.17, 15) is 8.42 Å². The number of sulfonamides is 1. The van der Waals surface area contributed by atoms with Crippen molar-refractivity contribution in [3.05, 3.63) is 59.2 Å². The molecule has 0 saturated carbocycles. The van der Waals surface area contributed by atoms with E-state index in [-0.39, 0.29) is 11.8 Å². The Morgan fingerprint density at radius 2 is 1.71 bits per heavy atom. The molecular formula is C18H22N2O3S. The normalized spacial score (nSPS) is 14.9. The first-order valence-corrected chi connectivity index (χ1v) is 9.68. The van der Waals surface area contributed by atoms with Crippen molar-refractivity contribution in [2.75, 3.05) is 15.8 Å². The van der Waals surface area contributed by atoms with Gasteiger partial charge in [0.25, 0.3) is 0 Å². The SMILES string of the molecule is CCS(=O)(=O)Nc1ccc(C(C)Nc2ccc3c(c2)COC3)cc1. The Bertz CT molecular complexity index is 817. The monoisotopic (exact) mass is 346 g/mol. The van der Waals surface area contributed by atoms with Crippen molar-refractivity contribution >= 4 is 21.4 Å². The molecule has 1 aliphatic heterocycles. The molecule has 24 heavy (non-hydrogen) atoms.